The molecule has 1 heterocycles. The average Bonchev–Trinajstić information content (AvgIpc) is 2.64. The van der Waals surface area contributed by atoms with E-state index in [9.17, 15) is 4.79 Å². The molecule has 0 radical (unpaired) electrons. The van der Waals surface area contributed by atoms with Crippen LogP contribution in [0.25, 0.3) is 0 Å². The van der Waals surface area contributed by atoms with Crippen LogP contribution in [0, 0.1) is 0 Å². The van der Waals surface area contributed by atoms with Crippen LogP contribution in [-0.2, 0) is 11.2 Å². The molecule has 5 heteroatoms. The SMILES string of the molecule is CCCCCN(C)C(=O)Cc1csc(N)n1. The third-order valence-electron chi connectivity index (χ3n) is 2.42. The third kappa shape index (κ3) is 4.18. The predicted octanol–water partition coefficient (Wildman–Crippen LogP) is 1.92. The second-order valence-electron chi connectivity index (χ2n) is 3.88. The number of rotatable bonds is 6. The lowest BCUT2D eigenvalue weighted by Gasteiger charge is -2.16. The number of nitrogen functional groups attached to an aromatic ring is 1. The van der Waals surface area contributed by atoms with Gasteiger partial charge in [-0.05, 0) is 6.42 Å². The van der Waals surface area contributed by atoms with Crippen molar-refractivity contribution < 1.29 is 4.79 Å². The van der Waals surface area contributed by atoms with Gasteiger partial charge in [-0.15, -0.1) is 11.3 Å². The monoisotopic (exact) mass is 241 g/mol. The zero-order chi connectivity index (χ0) is 12.0. The summed E-state index contributed by atoms with van der Waals surface area (Å²) in [7, 11) is 1.84. The Balaban J connectivity index is 2.34. The number of carbonyl (C=O) groups excluding carboxylic acids is 1. The van der Waals surface area contributed by atoms with E-state index in [1.54, 1.807) is 4.90 Å². The zero-order valence-electron chi connectivity index (χ0n) is 9.90. The number of amides is 1. The number of unbranched alkanes of at least 4 members (excludes halogenated alkanes) is 2. The molecule has 0 spiro atoms. The van der Waals surface area contributed by atoms with Crippen LogP contribution in [0.3, 0.4) is 0 Å². The number of aromatic nitrogens is 1. The van der Waals surface area contributed by atoms with Crippen molar-refractivity contribution in [2.75, 3.05) is 19.3 Å². The highest BCUT2D eigenvalue weighted by Crippen LogP contribution is 2.12. The minimum Gasteiger partial charge on any atom is -0.375 e. The predicted molar refractivity (Wildman–Crippen MR) is 67.4 cm³/mol. The average molecular weight is 241 g/mol. The number of carbonyl (C=O) groups is 1. The molecule has 0 aromatic carbocycles. The molecule has 0 fully saturated rings. The Morgan fingerprint density at radius 2 is 2.31 bits per heavy atom. The van der Waals surface area contributed by atoms with Crippen molar-refractivity contribution in [2.45, 2.75) is 32.6 Å². The van der Waals surface area contributed by atoms with Gasteiger partial charge in [-0.25, -0.2) is 4.98 Å². The molecule has 0 saturated carbocycles. The maximum absolute atomic E-state index is 11.8. The van der Waals surface area contributed by atoms with Gasteiger partial charge >= 0.3 is 0 Å². The Hall–Kier alpha value is -1.10. The first kappa shape index (κ1) is 13.0. The quantitative estimate of drug-likeness (QED) is 0.774. The highest BCUT2D eigenvalue weighted by atomic mass is 32.1. The first-order valence-electron chi connectivity index (χ1n) is 5.57. The van der Waals surface area contributed by atoms with E-state index in [0.29, 0.717) is 11.6 Å². The molecular formula is C11H19N3OS. The van der Waals surface area contributed by atoms with Crippen molar-refractivity contribution in [3.63, 3.8) is 0 Å². The summed E-state index contributed by atoms with van der Waals surface area (Å²) in [5, 5.41) is 2.36. The molecule has 0 atom stereocenters. The van der Waals surface area contributed by atoms with Crippen LogP contribution in [0.1, 0.15) is 31.9 Å². The topological polar surface area (TPSA) is 59.2 Å². The van der Waals surface area contributed by atoms with E-state index in [1.165, 1.54) is 24.2 Å². The van der Waals surface area contributed by atoms with Crippen LogP contribution < -0.4 is 5.73 Å². The van der Waals surface area contributed by atoms with Crippen molar-refractivity contribution in [1.82, 2.24) is 9.88 Å². The maximum Gasteiger partial charge on any atom is 0.228 e. The van der Waals surface area contributed by atoms with Crippen molar-refractivity contribution >= 4 is 22.4 Å². The fourth-order valence-corrected chi connectivity index (χ4v) is 1.98. The molecule has 0 aliphatic heterocycles. The van der Waals surface area contributed by atoms with Gasteiger partial charge in [-0.1, -0.05) is 19.8 Å². The summed E-state index contributed by atoms with van der Waals surface area (Å²) in [5.41, 5.74) is 6.28. The van der Waals surface area contributed by atoms with E-state index >= 15 is 0 Å². The minimum atomic E-state index is 0.112. The van der Waals surface area contributed by atoms with Crippen LogP contribution >= 0.6 is 11.3 Å². The van der Waals surface area contributed by atoms with E-state index in [2.05, 4.69) is 11.9 Å². The number of nitrogens with zero attached hydrogens (tertiary/aromatic N) is 2. The molecule has 0 saturated heterocycles. The van der Waals surface area contributed by atoms with Crippen LogP contribution in [0.15, 0.2) is 5.38 Å². The number of nitrogens with two attached hydrogens (primary N) is 1. The molecule has 1 amide bonds. The van der Waals surface area contributed by atoms with Crippen molar-refractivity contribution in [2.24, 2.45) is 0 Å². The Morgan fingerprint density at radius 3 is 2.88 bits per heavy atom. The van der Waals surface area contributed by atoms with E-state index in [1.807, 2.05) is 12.4 Å². The lowest BCUT2D eigenvalue weighted by atomic mass is 10.2. The van der Waals surface area contributed by atoms with E-state index in [0.717, 1.165) is 18.7 Å². The molecule has 16 heavy (non-hydrogen) atoms. The maximum atomic E-state index is 11.8. The van der Waals surface area contributed by atoms with Gasteiger partial charge in [0.15, 0.2) is 5.13 Å². The fourth-order valence-electron chi connectivity index (χ4n) is 1.42. The smallest absolute Gasteiger partial charge is 0.228 e. The summed E-state index contributed by atoms with van der Waals surface area (Å²) in [4.78, 5) is 17.6. The lowest BCUT2D eigenvalue weighted by Crippen LogP contribution is -2.29. The summed E-state index contributed by atoms with van der Waals surface area (Å²) in [6.07, 6.45) is 3.76. The van der Waals surface area contributed by atoms with Crippen LogP contribution in [0.4, 0.5) is 5.13 Å². The highest BCUT2D eigenvalue weighted by molar-refractivity contribution is 7.13. The van der Waals surface area contributed by atoms with Crippen molar-refractivity contribution in [3.05, 3.63) is 11.1 Å². The molecule has 0 unspecified atom stereocenters. The van der Waals surface area contributed by atoms with Crippen LogP contribution in [0.5, 0.6) is 0 Å². The second-order valence-corrected chi connectivity index (χ2v) is 4.77. The van der Waals surface area contributed by atoms with Gasteiger partial charge in [-0.2, -0.15) is 0 Å². The normalized spacial score (nSPS) is 10.4. The molecule has 1 rings (SSSR count). The van der Waals surface area contributed by atoms with E-state index < -0.39 is 0 Å². The van der Waals surface area contributed by atoms with Gasteiger partial charge in [0.25, 0.3) is 0 Å². The second kappa shape index (κ2) is 6.48. The standard InChI is InChI=1S/C11H19N3OS/c1-3-4-5-6-14(2)10(15)7-9-8-16-11(12)13-9/h8H,3-7H2,1-2H3,(H2,12,13). The van der Waals surface area contributed by atoms with Gasteiger partial charge in [0.05, 0.1) is 12.1 Å². The van der Waals surface area contributed by atoms with Gasteiger partial charge in [-0.3, -0.25) is 4.79 Å². The summed E-state index contributed by atoms with van der Waals surface area (Å²) in [5.74, 6) is 0.112. The Labute approximate surface area is 100 Å². The molecule has 0 bridgehead atoms. The third-order valence-corrected chi connectivity index (χ3v) is 3.15. The Bertz CT molecular complexity index is 338. The molecule has 1 aromatic rings. The lowest BCUT2D eigenvalue weighted by molar-refractivity contribution is -0.129. The Kier molecular flexibility index (Phi) is 5.25. The molecule has 0 aliphatic carbocycles. The van der Waals surface area contributed by atoms with Crippen LogP contribution in [-0.4, -0.2) is 29.4 Å². The molecule has 1 aromatic heterocycles. The van der Waals surface area contributed by atoms with Crippen molar-refractivity contribution in [3.8, 4) is 0 Å². The number of thiazole rings is 1. The summed E-state index contributed by atoms with van der Waals surface area (Å²) in [6, 6.07) is 0. The van der Waals surface area contributed by atoms with E-state index in [4.69, 9.17) is 5.73 Å². The van der Waals surface area contributed by atoms with Gasteiger partial charge < -0.3 is 10.6 Å². The summed E-state index contributed by atoms with van der Waals surface area (Å²) < 4.78 is 0. The first-order valence-corrected chi connectivity index (χ1v) is 6.45. The van der Waals surface area contributed by atoms with Gasteiger partial charge in [0, 0.05) is 19.0 Å². The molecule has 2 N–H and O–H groups in total. The first-order chi connectivity index (χ1) is 7.63. The fraction of sp³-hybridized carbons (Fsp3) is 0.636. The summed E-state index contributed by atoms with van der Waals surface area (Å²) in [6.45, 7) is 2.98. The molecular weight excluding hydrogens is 222 g/mol. The van der Waals surface area contributed by atoms with Crippen LogP contribution in [0.2, 0.25) is 0 Å². The van der Waals surface area contributed by atoms with E-state index in [-0.39, 0.29) is 5.91 Å². The number of hydrogen-bond donors (Lipinski definition) is 1. The van der Waals surface area contributed by atoms with Gasteiger partial charge in [0.2, 0.25) is 5.91 Å². The molecule has 4 nitrogen and oxygen atoms in total. The largest absolute Gasteiger partial charge is 0.375 e. The summed E-state index contributed by atoms with van der Waals surface area (Å²) >= 11 is 1.38. The van der Waals surface area contributed by atoms with Gasteiger partial charge in [0.1, 0.15) is 0 Å². The minimum absolute atomic E-state index is 0.112. The number of likely N-dealkylation sites (N-methyl/N-ethyl adjacent to an activating group) is 1. The Morgan fingerprint density at radius 1 is 1.56 bits per heavy atom. The number of anilines is 1. The number of hydrogen-bond acceptors (Lipinski definition) is 4. The van der Waals surface area contributed by atoms with Crippen molar-refractivity contribution in [1.29, 1.82) is 0 Å². The molecule has 0 aliphatic rings. The zero-order valence-corrected chi connectivity index (χ0v) is 10.7. The highest BCUT2D eigenvalue weighted by Gasteiger charge is 2.10. The molecule has 90 valence electrons.